The Hall–Kier alpha value is -2.18. The topological polar surface area (TPSA) is 58.6 Å². The highest BCUT2D eigenvalue weighted by Gasteiger charge is 2.22. The molecule has 0 aliphatic heterocycles. The summed E-state index contributed by atoms with van der Waals surface area (Å²) in [6.45, 7) is 2.25. The number of ether oxygens (including phenoxy) is 1. The van der Waals surface area contributed by atoms with Gasteiger partial charge in [-0.1, -0.05) is 29.8 Å². The zero-order valence-electron chi connectivity index (χ0n) is 13.7. The Morgan fingerprint density at radius 3 is 2.43 bits per heavy atom. The largest absolute Gasteiger partial charge is 0.465 e. The zero-order chi connectivity index (χ0) is 17.0. The lowest BCUT2D eigenvalue weighted by molar-refractivity contribution is -0.116. The number of esters is 1. The number of anilines is 1. The summed E-state index contributed by atoms with van der Waals surface area (Å²) in [6, 6.07) is 7.88. The van der Waals surface area contributed by atoms with E-state index in [0.29, 0.717) is 10.6 Å². The second-order valence-corrected chi connectivity index (χ2v) is 6.38. The van der Waals surface area contributed by atoms with Crippen LogP contribution in [-0.2, 0) is 9.53 Å². The van der Waals surface area contributed by atoms with Gasteiger partial charge in [-0.25, -0.2) is 4.79 Å². The second kappa shape index (κ2) is 7.39. The fourth-order valence-corrected chi connectivity index (χ4v) is 3.13. The average molecular weight is 332 g/mol. The summed E-state index contributed by atoms with van der Waals surface area (Å²) >= 11 is 1.32. The van der Waals surface area contributed by atoms with Crippen molar-refractivity contribution in [3.8, 4) is 11.1 Å². The van der Waals surface area contributed by atoms with Crippen molar-refractivity contribution in [3.63, 3.8) is 0 Å². The SMILES string of the molecule is COC(=O)c1c(-c2ccc(C)cc2)csc1NC(=O)CN(C)C. The first-order valence-electron chi connectivity index (χ1n) is 7.13. The number of hydrogen-bond acceptors (Lipinski definition) is 5. The zero-order valence-corrected chi connectivity index (χ0v) is 14.5. The van der Waals surface area contributed by atoms with Gasteiger partial charge in [-0.05, 0) is 26.6 Å². The van der Waals surface area contributed by atoms with Crippen LogP contribution in [0.5, 0.6) is 0 Å². The summed E-state index contributed by atoms with van der Waals surface area (Å²) in [7, 11) is 4.96. The maximum absolute atomic E-state index is 12.2. The van der Waals surface area contributed by atoms with Gasteiger partial charge < -0.3 is 15.0 Å². The fourth-order valence-electron chi connectivity index (χ4n) is 2.15. The van der Waals surface area contributed by atoms with Crippen LogP contribution in [0.1, 0.15) is 15.9 Å². The third-order valence-electron chi connectivity index (χ3n) is 3.26. The Morgan fingerprint density at radius 1 is 1.22 bits per heavy atom. The fraction of sp³-hybridized carbons (Fsp3) is 0.294. The van der Waals surface area contributed by atoms with Crippen LogP contribution in [0.3, 0.4) is 0 Å². The Kier molecular flexibility index (Phi) is 5.52. The number of aryl methyl sites for hydroxylation is 1. The van der Waals surface area contributed by atoms with E-state index in [1.165, 1.54) is 18.4 Å². The molecule has 0 saturated heterocycles. The smallest absolute Gasteiger partial charge is 0.341 e. The molecule has 0 spiro atoms. The van der Waals surface area contributed by atoms with Gasteiger partial charge >= 0.3 is 5.97 Å². The van der Waals surface area contributed by atoms with Crippen molar-refractivity contribution in [2.75, 3.05) is 33.1 Å². The molecule has 5 nitrogen and oxygen atoms in total. The number of rotatable bonds is 5. The summed E-state index contributed by atoms with van der Waals surface area (Å²) in [4.78, 5) is 25.9. The van der Waals surface area contributed by atoms with Crippen LogP contribution in [0.15, 0.2) is 29.6 Å². The number of thiophene rings is 1. The van der Waals surface area contributed by atoms with E-state index in [0.717, 1.165) is 16.7 Å². The van der Waals surface area contributed by atoms with Crippen molar-refractivity contribution in [1.29, 1.82) is 0 Å². The second-order valence-electron chi connectivity index (χ2n) is 5.50. The molecule has 1 amide bonds. The maximum atomic E-state index is 12.2. The van der Waals surface area contributed by atoms with Crippen LogP contribution < -0.4 is 5.32 Å². The number of hydrogen-bond donors (Lipinski definition) is 1. The molecule has 0 aliphatic carbocycles. The van der Waals surface area contributed by atoms with E-state index in [2.05, 4.69) is 5.32 Å². The van der Waals surface area contributed by atoms with E-state index >= 15 is 0 Å². The number of methoxy groups -OCH3 is 1. The third kappa shape index (κ3) is 4.18. The minimum absolute atomic E-state index is 0.169. The van der Waals surface area contributed by atoms with E-state index in [9.17, 15) is 9.59 Å². The summed E-state index contributed by atoms with van der Waals surface area (Å²) in [5.74, 6) is -0.626. The molecule has 6 heteroatoms. The maximum Gasteiger partial charge on any atom is 0.341 e. The molecule has 1 aromatic heterocycles. The highest BCUT2D eigenvalue weighted by molar-refractivity contribution is 7.15. The van der Waals surface area contributed by atoms with E-state index in [4.69, 9.17) is 4.74 Å². The molecule has 0 saturated carbocycles. The van der Waals surface area contributed by atoms with Crippen LogP contribution in [-0.4, -0.2) is 44.5 Å². The van der Waals surface area contributed by atoms with Gasteiger partial charge in [0, 0.05) is 10.9 Å². The molecule has 2 aromatic rings. The van der Waals surface area contributed by atoms with E-state index in [1.54, 1.807) is 4.90 Å². The number of benzene rings is 1. The van der Waals surface area contributed by atoms with Gasteiger partial charge in [-0.15, -0.1) is 11.3 Å². The summed E-state index contributed by atoms with van der Waals surface area (Å²) in [6.07, 6.45) is 0. The first-order chi connectivity index (χ1) is 10.9. The van der Waals surface area contributed by atoms with Crippen LogP contribution in [0.2, 0.25) is 0 Å². The van der Waals surface area contributed by atoms with Gasteiger partial charge in [-0.2, -0.15) is 0 Å². The van der Waals surface area contributed by atoms with Crippen molar-refractivity contribution in [3.05, 3.63) is 40.8 Å². The molecule has 1 heterocycles. The van der Waals surface area contributed by atoms with Gasteiger partial charge in [0.1, 0.15) is 10.6 Å². The molecule has 0 bridgehead atoms. The van der Waals surface area contributed by atoms with Crippen molar-refractivity contribution in [2.24, 2.45) is 0 Å². The van der Waals surface area contributed by atoms with Crippen LogP contribution >= 0.6 is 11.3 Å². The molecule has 122 valence electrons. The molecule has 1 N–H and O–H groups in total. The monoisotopic (exact) mass is 332 g/mol. The standard InChI is InChI=1S/C17H20N2O3S/c1-11-5-7-12(8-6-11)13-10-23-16(15(13)17(21)22-4)18-14(20)9-19(2)3/h5-8,10H,9H2,1-4H3,(H,18,20). The number of likely N-dealkylation sites (N-methyl/N-ethyl adjacent to an activating group) is 1. The van der Waals surface area contributed by atoms with Crippen LogP contribution in [0.25, 0.3) is 11.1 Å². The molecule has 0 fully saturated rings. The quantitative estimate of drug-likeness (QED) is 0.855. The lowest BCUT2D eigenvalue weighted by Gasteiger charge is -2.11. The Labute approximate surface area is 139 Å². The van der Waals surface area contributed by atoms with E-state index < -0.39 is 5.97 Å². The van der Waals surface area contributed by atoms with E-state index in [1.807, 2.05) is 50.7 Å². The normalized spacial score (nSPS) is 10.7. The van der Waals surface area contributed by atoms with Gasteiger partial charge in [0.25, 0.3) is 0 Å². The molecule has 0 radical (unpaired) electrons. The number of nitrogens with one attached hydrogen (secondary N) is 1. The average Bonchev–Trinajstić information content (AvgIpc) is 2.89. The number of carbonyl (C=O) groups excluding carboxylic acids is 2. The van der Waals surface area contributed by atoms with Crippen molar-refractivity contribution in [1.82, 2.24) is 4.90 Å². The number of amides is 1. The first-order valence-corrected chi connectivity index (χ1v) is 8.01. The van der Waals surface area contributed by atoms with Crippen LogP contribution in [0, 0.1) is 6.92 Å². The van der Waals surface area contributed by atoms with Crippen molar-refractivity contribution >= 4 is 28.2 Å². The minimum Gasteiger partial charge on any atom is -0.465 e. The molecule has 0 atom stereocenters. The van der Waals surface area contributed by atoms with Gasteiger partial charge in [0.2, 0.25) is 5.91 Å². The van der Waals surface area contributed by atoms with Gasteiger partial charge in [-0.3, -0.25) is 4.79 Å². The Bertz CT molecular complexity index is 705. The lowest BCUT2D eigenvalue weighted by Crippen LogP contribution is -2.27. The van der Waals surface area contributed by atoms with Crippen molar-refractivity contribution < 1.29 is 14.3 Å². The summed E-state index contributed by atoms with van der Waals surface area (Å²) in [5, 5.41) is 5.17. The Balaban J connectivity index is 2.39. The Morgan fingerprint density at radius 2 is 1.87 bits per heavy atom. The molecule has 2 rings (SSSR count). The summed E-state index contributed by atoms with van der Waals surface area (Å²) in [5.41, 5.74) is 3.22. The number of carbonyl (C=O) groups is 2. The van der Waals surface area contributed by atoms with Crippen molar-refractivity contribution in [2.45, 2.75) is 6.92 Å². The number of nitrogens with zero attached hydrogens (tertiary/aromatic N) is 1. The highest BCUT2D eigenvalue weighted by atomic mass is 32.1. The van der Waals surface area contributed by atoms with Gasteiger partial charge in [0.15, 0.2) is 0 Å². The first kappa shape index (κ1) is 17.2. The third-order valence-corrected chi connectivity index (χ3v) is 4.15. The van der Waals surface area contributed by atoms with Crippen LogP contribution in [0.4, 0.5) is 5.00 Å². The predicted octanol–water partition coefficient (Wildman–Crippen LogP) is 3.01. The predicted molar refractivity (Wildman–Crippen MR) is 93.0 cm³/mol. The minimum atomic E-state index is -0.457. The highest BCUT2D eigenvalue weighted by Crippen LogP contribution is 2.36. The molecule has 0 aliphatic rings. The molecule has 23 heavy (non-hydrogen) atoms. The van der Waals surface area contributed by atoms with Gasteiger partial charge in [0.05, 0.1) is 13.7 Å². The molecule has 1 aromatic carbocycles. The molecular weight excluding hydrogens is 312 g/mol. The lowest BCUT2D eigenvalue weighted by atomic mass is 10.0. The van der Waals surface area contributed by atoms with E-state index in [-0.39, 0.29) is 12.5 Å². The molecule has 0 unspecified atom stereocenters. The molecular formula is C17H20N2O3S. The summed E-state index contributed by atoms with van der Waals surface area (Å²) < 4.78 is 4.89.